The van der Waals surface area contributed by atoms with E-state index in [0.717, 1.165) is 19.5 Å². The fourth-order valence-corrected chi connectivity index (χ4v) is 3.94. The highest BCUT2D eigenvalue weighted by Gasteiger charge is 2.29. The van der Waals surface area contributed by atoms with E-state index in [1.165, 1.54) is 18.6 Å². The molecule has 20 heavy (non-hydrogen) atoms. The fraction of sp³-hybridized carbons (Fsp3) is 0.643. The summed E-state index contributed by atoms with van der Waals surface area (Å²) in [6.07, 6.45) is 3.54. The first-order valence-electron chi connectivity index (χ1n) is 7.02. The Balaban J connectivity index is 2.06. The van der Waals surface area contributed by atoms with Gasteiger partial charge in [-0.2, -0.15) is 11.8 Å². The van der Waals surface area contributed by atoms with Crippen molar-refractivity contribution in [2.75, 3.05) is 29.5 Å². The predicted molar refractivity (Wildman–Crippen MR) is 91.6 cm³/mol. The zero-order valence-electron chi connectivity index (χ0n) is 11.9. The number of anilines is 2. The van der Waals surface area contributed by atoms with Crippen LogP contribution in [0, 0.1) is 0 Å². The monoisotopic (exact) mass is 333 g/mol. The Morgan fingerprint density at radius 1 is 1.30 bits per heavy atom. The highest BCUT2D eigenvalue weighted by atomic mass is 35.5. The van der Waals surface area contributed by atoms with Gasteiger partial charge in [0.1, 0.15) is 11.6 Å². The van der Waals surface area contributed by atoms with Gasteiger partial charge in [-0.25, -0.2) is 4.98 Å². The van der Waals surface area contributed by atoms with Gasteiger partial charge < -0.3 is 10.6 Å². The first-order chi connectivity index (χ1) is 9.54. The van der Waals surface area contributed by atoms with Crippen molar-refractivity contribution in [3.63, 3.8) is 0 Å². The Labute approximate surface area is 135 Å². The Bertz CT molecular complexity index is 462. The van der Waals surface area contributed by atoms with Crippen molar-refractivity contribution in [3.8, 4) is 0 Å². The number of thioether (sulfide) groups is 1. The molecule has 0 radical (unpaired) electrons. The summed E-state index contributed by atoms with van der Waals surface area (Å²) in [6, 6.07) is 1.75. The lowest BCUT2D eigenvalue weighted by atomic mass is 10.1. The topological polar surface area (TPSA) is 37.0 Å². The van der Waals surface area contributed by atoms with Gasteiger partial charge in [0.15, 0.2) is 0 Å². The lowest BCUT2D eigenvalue weighted by molar-refractivity contribution is 0.634. The van der Waals surface area contributed by atoms with Crippen LogP contribution >= 0.6 is 35.0 Å². The summed E-state index contributed by atoms with van der Waals surface area (Å²) in [6.45, 7) is 6.12. The quantitative estimate of drug-likeness (QED) is 0.775. The normalized spacial score (nSPS) is 22.0. The van der Waals surface area contributed by atoms with Gasteiger partial charge in [-0.3, -0.25) is 0 Å². The third-order valence-corrected chi connectivity index (χ3v) is 5.52. The van der Waals surface area contributed by atoms with Crippen molar-refractivity contribution in [1.29, 1.82) is 0 Å². The van der Waals surface area contributed by atoms with Gasteiger partial charge in [0, 0.05) is 17.8 Å². The average molecular weight is 334 g/mol. The van der Waals surface area contributed by atoms with Gasteiger partial charge >= 0.3 is 0 Å². The lowest BCUT2D eigenvalue weighted by Crippen LogP contribution is -2.27. The maximum absolute atomic E-state index is 6.22. The van der Waals surface area contributed by atoms with E-state index in [1.54, 1.807) is 6.07 Å². The third kappa shape index (κ3) is 4.09. The SMILES string of the molecule is CCCNc1nc(NCC2(C)CCCS2)c(Cl)cc1Cl. The molecule has 2 rings (SSSR count). The molecule has 0 amide bonds. The summed E-state index contributed by atoms with van der Waals surface area (Å²) >= 11 is 14.4. The maximum atomic E-state index is 6.22. The van der Waals surface area contributed by atoms with Gasteiger partial charge in [-0.15, -0.1) is 0 Å². The van der Waals surface area contributed by atoms with Crippen LogP contribution in [0.3, 0.4) is 0 Å². The minimum atomic E-state index is 0.279. The Morgan fingerprint density at radius 2 is 2.00 bits per heavy atom. The highest BCUT2D eigenvalue weighted by Crippen LogP contribution is 2.38. The Morgan fingerprint density at radius 3 is 2.60 bits per heavy atom. The summed E-state index contributed by atoms with van der Waals surface area (Å²) in [5, 5.41) is 7.74. The molecule has 0 spiro atoms. The molecule has 1 unspecified atom stereocenters. The zero-order chi connectivity index (χ0) is 14.6. The molecule has 1 aliphatic heterocycles. The number of hydrogen-bond acceptors (Lipinski definition) is 4. The first kappa shape index (κ1) is 16.1. The third-order valence-electron chi connectivity index (χ3n) is 3.40. The number of nitrogens with zero attached hydrogens (tertiary/aromatic N) is 1. The van der Waals surface area contributed by atoms with Crippen LogP contribution in [0.25, 0.3) is 0 Å². The van der Waals surface area contributed by atoms with Crippen LogP contribution in [0.5, 0.6) is 0 Å². The second kappa shape index (κ2) is 7.10. The van der Waals surface area contributed by atoms with Crippen LogP contribution in [-0.2, 0) is 0 Å². The molecule has 1 aliphatic rings. The lowest BCUT2D eigenvalue weighted by Gasteiger charge is -2.23. The van der Waals surface area contributed by atoms with Crippen LogP contribution in [0.15, 0.2) is 6.07 Å². The van der Waals surface area contributed by atoms with Crippen LogP contribution in [0.1, 0.15) is 33.1 Å². The molecule has 6 heteroatoms. The van der Waals surface area contributed by atoms with E-state index in [1.807, 2.05) is 11.8 Å². The summed E-state index contributed by atoms with van der Waals surface area (Å²) in [7, 11) is 0. The number of pyridine rings is 1. The van der Waals surface area contributed by atoms with Gasteiger partial charge in [-0.05, 0) is 38.0 Å². The van der Waals surface area contributed by atoms with E-state index in [2.05, 4.69) is 29.5 Å². The minimum Gasteiger partial charge on any atom is -0.369 e. The molecule has 2 N–H and O–H groups in total. The predicted octanol–water partition coefficient (Wildman–Crippen LogP) is 4.91. The van der Waals surface area contributed by atoms with Crippen LogP contribution in [0.2, 0.25) is 10.0 Å². The molecule has 3 nitrogen and oxygen atoms in total. The molecule has 112 valence electrons. The second-order valence-electron chi connectivity index (χ2n) is 5.33. The van der Waals surface area contributed by atoms with E-state index >= 15 is 0 Å². The largest absolute Gasteiger partial charge is 0.369 e. The molecule has 0 saturated carbocycles. The molecule has 1 saturated heterocycles. The molecule has 1 aromatic rings. The van der Waals surface area contributed by atoms with E-state index in [0.29, 0.717) is 21.7 Å². The van der Waals surface area contributed by atoms with Crippen LogP contribution in [-0.4, -0.2) is 28.6 Å². The first-order valence-corrected chi connectivity index (χ1v) is 8.76. The van der Waals surface area contributed by atoms with Crippen molar-refractivity contribution < 1.29 is 0 Å². The standard InChI is InChI=1S/C14H21Cl2N3S/c1-3-6-17-12-10(15)8-11(16)13(19-12)18-9-14(2)5-4-7-20-14/h8H,3-7,9H2,1-2H3,(H2,17,18,19). The van der Waals surface area contributed by atoms with E-state index in [9.17, 15) is 0 Å². The van der Waals surface area contributed by atoms with E-state index < -0.39 is 0 Å². The molecule has 1 aromatic heterocycles. The molecule has 1 fully saturated rings. The molecule has 0 aliphatic carbocycles. The summed E-state index contributed by atoms with van der Waals surface area (Å²) < 4.78 is 0.279. The molecular weight excluding hydrogens is 313 g/mol. The van der Waals surface area contributed by atoms with Crippen molar-refractivity contribution >= 4 is 46.6 Å². The summed E-state index contributed by atoms with van der Waals surface area (Å²) in [5.74, 6) is 2.65. The number of rotatable bonds is 6. The van der Waals surface area contributed by atoms with E-state index in [4.69, 9.17) is 23.2 Å². The van der Waals surface area contributed by atoms with Gasteiger partial charge in [0.2, 0.25) is 0 Å². The smallest absolute Gasteiger partial charge is 0.147 e. The van der Waals surface area contributed by atoms with Crippen molar-refractivity contribution in [2.24, 2.45) is 0 Å². The van der Waals surface area contributed by atoms with Gasteiger partial charge in [0.25, 0.3) is 0 Å². The molecular formula is C14H21Cl2N3S. The second-order valence-corrected chi connectivity index (χ2v) is 7.83. The minimum absolute atomic E-state index is 0.279. The van der Waals surface area contributed by atoms with Crippen LogP contribution < -0.4 is 10.6 Å². The molecule has 1 atom stereocenters. The summed E-state index contributed by atoms with van der Waals surface area (Å²) in [5.41, 5.74) is 0. The Hall–Kier alpha value is -0.320. The molecule has 0 aromatic carbocycles. The number of nitrogens with one attached hydrogen (secondary N) is 2. The highest BCUT2D eigenvalue weighted by molar-refractivity contribution is 8.00. The van der Waals surface area contributed by atoms with Crippen molar-refractivity contribution in [2.45, 2.75) is 37.9 Å². The summed E-state index contributed by atoms with van der Waals surface area (Å²) in [4.78, 5) is 4.51. The number of hydrogen-bond donors (Lipinski definition) is 2. The molecule has 2 heterocycles. The number of aromatic nitrogens is 1. The maximum Gasteiger partial charge on any atom is 0.147 e. The van der Waals surface area contributed by atoms with Gasteiger partial charge in [0.05, 0.1) is 10.0 Å². The Kier molecular flexibility index (Phi) is 5.70. The average Bonchev–Trinajstić information content (AvgIpc) is 2.84. The zero-order valence-corrected chi connectivity index (χ0v) is 14.3. The van der Waals surface area contributed by atoms with Crippen molar-refractivity contribution in [1.82, 2.24) is 4.98 Å². The fourth-order valence-electron chi connectivity index (χ4n) is 2.20. The van der Waals surface area contributed by atoms with E-state index in [-0.39, 0.29) is 4.75 Å². The van der Waals surface area contributed by atoms with Crippen LogP contribution in [0.4, 0.5) is 11.6 Å². The molecule has 0 bridgehead atoms. The number of halogens is 2. The van der Waals surface area contributed by atoms with Gasteiger partial charge in [-0.1, -0.05) is 30.1 Å². The van der Waals surface area contributed by atoms with Crippen molar-refractivity contribution in [3.05, 3.63) is 16.1 Å².